The Kier molecular flexibility index (Phi) is 4.92. The van der Waals surface area contributed by atoms with Crippen molar-refractivity contribution < 1.29 is 18.3 Å². The van der Waals surface area contributed by atoms with Gasteiger partial charge in [0.15, 0.2) is 0 Å². The monoisotopic (exact) mass is 319 g/mol. The highest BCUT2D eigenvalue weighted by Crippen LogP contribution is 2.27. The molecule has 2 fully saturated rings. The minimum Gasteiger partial charge on any atom is -0.481 e. The average molecular weight is 319 g/mol. The van der Waals surface area contributed by atoms with E-state index in [0.29, 0.717) is 32.5 Å². The van der Waals surface area contributed by atoms with Crippen LogP contribution in [-0.4, -0.2) is 79.3 Å². The molecule has 2 heterocycles. The molecule has 0 aromatic heterocycles. The van der Waals surface area contributed by atoms with Crippen molar-refractivity contribution in [2.24, 2.45) is 11.8 Å². The van der Waals surface area contributed by atoms with E-state index >= 15 is 0 Å². The summed E-state index contributed by atoms with van der Waals surface area (Å²) in [6, 6.07) is 0.208. The minimum atomic E-state index is -3.55. The predicted octanol–water partition coefficient (Wildman–Crippen LogP) is -0.0903. The van der Waals surface area contributed by atoms with Crippen LogP contribution >= 0.6 is 0 Å². The summed E-state index contributed by atoms with van der Waals surface area (Å²) in [6.45, 7) is 3.54. The smallest absolute Gasteiger partial charge is 0.307 e. The zero-order valence-electron chi connectivity index (χ0n) is 12.9. The van der Waals surface area contributed by atoms with Crippen molar-refractivity contribution in [2.45, 2.75) is 25.8 Å². The third-order valence-electron chi connectivity index (χ3n) is 4.59. The number of hydrogen-bond donors (Lipinski definition) is 1. The highest BCUT2D eigenvalue weighted by atomic mass is 32.2. The second-order valence-corrected chi connectivity index (χ2v) is 8.30. The molecule has 0 saturated carbocycles. The summed E-state index contributed by atoms with van der Waals surface area (Å²) < 4.78 is 28.3. The standard InChI is InChI=1S/C13H25N3O4S/c1-10-7-16(9-12(10)14(2)3)21(19,20)15-6-4-5-11(8-15)13(17)18/h10-12H,4-9H2,1-3H3,(H,17,18). The zero-order valence-corrected chi connectivity index (χ0v) is 13.7. The van der Waals surface area contributed by atoms with Crippen LogP contribution in [0.4, 0.5) is 0 Å². The number of aliphatic carboxylic acids is 1. The van der Waals surface area contributed by atoms with Gasteiger partial charge in [-0.15, -0.1) is 0 Å². The summed E-state index contributed by atoms with van der Waals surface area (Å²) >= 11 is 0. The summed E-state index contributed by atoms with van der Waals surface area (Å²) in [5, 5.41) is 9.10. The summed E-state index contributed by atoms with van der Waals surface area (Å²) in [5.41, 5.74) is 0. The van der Waals surface area contributed by atoms with Gasteiger partial charge in [0.2, 0.25) is 0 Å². The van der Waals surface area contributed by atoms with Gasteiger partial charge in [-0.1, -0.05) is 6.92 Å². The van der Waals surface area contributed by atoms with Gasteiger partial charge >= 0.3 is 5.97 Å². The molecule has 2 aliphatic rings. The Hall–Kier alpha value is -0.700. The van der Waals surface area contributed by atoms with Crippen LogP contribution in [0.3, 0.4) is 0 Å². The molecule has 2 aliphatic heterocycles. The van der Waals surface area contributed by atoms with Crippen molar-refractivity contribution in [1.29, 1.82) is 0 Å². The number of carbonyl (C=O) groups is 1. The lowest BCUT2D eigenvalue weighted by Gasteiger charge is -2.33. The molecule has 0 aliphatic carbocycles. The number of carboxylic acids is 1. The van der Waals surface area contributed by atoms with Crippen molar-refractivity contribution >= 4 is 16.2 Å². The van der Waals surface area contributed by atoms with E-state index in [1.807, 2.05) is 14.1 Å². The lowest BCUT2D eigenvalue weighted by molar-refractivity contribution is -0.142. The molecular weight excluding hydrogens is 294 g/mol. The molecule has 3 atom stereocenters. The summed E-state index contributed by atoms with van der Waals surface area (Å²) in [7, 11) is 0.363. The van der Waals surface area contributed by atoms with Gasteiger partial charge < -0.3 is 10.0 Å². The molecule has 0 aromatic rings. The molecule has 2 rings (SSSR count). The number of carboxylic acid groups (broad SMARTS) is 1. The molecule has 1 N–H and O–H groups in total. The van der Waals surface area contributed by atoms with Crippen molar-refractivity contribution in [3.63, 3.8) is 0 Å². The van der Waals surface area contributed by atoms with Crippen LogP contribution in [-0.2, 0) is 15.0 Å². The molecule has 122 valence electrons. The first-order valence-corrected chi connectivity index (χ1v) is 8.77. The van der Waals surface area contributed by atoms with E-state index in [0.717, 1.165) is 0 Å². The highest BCUT2D eigenvalue weighted by molar-refractivity contribution is 7.86. The molecular formula is C13H25N3O4S. The van der Waals surface area contributed by atoms with Gasteiger partial charge in [0, 0.05) is 32.2 Å². The van der Waals surface area contributed by atoms with Crippen LogP contribution in [0.1, 0.15) is 19.8 Å². The van der Waals surface area contributed by atoms with Crippen LogP contribution in [0.25, 0.3) is 0 Å². The summed E-state index contributed by atoms with van der Waals surface area (Å²) in [5.74, 6) is -1.22. The fourth-order valence-corrected chi connectivity index (χ4v) is 5.10. The van der Waals surface area contributed by atoms with Crippen LogP contribution in [0.2, 0.25) is 0 Å². The molecule has 0 amide bonds. The van der Waals surface area contributed by atoms with Gasteiger partial charge in [-0.25, -0.2) is 0 Å². The van der Waals surface area contributed by atoms with Crippen molar-refractivity contribution in [3.05, 3.63) is 0 Å². The first-order chi connectivity index (χ1) is 9.73. The maximum Gasteiger partial charge on any atom is 0.307 e. The molecule has 21 heavy (non-hydrogen) atoms. The molecule has 8 heteroatoms. The Labute approximate surface area is 126 Å². The maximum atomic E-state index is 12.7. The molecule has 7 nitrogen and oxygen atoms in total. The number of hydrogen-bond acceptors (Lipinski definition) is 4. The third kappa shape index (κ3) is 3.39. The highest BCUT2D eigenvalue weighted by Gasteiger charge is 2.42. The largest absolute Gasteiger partial charge is 0.481 e. The number of piperidine rings is 1. The lowest BCUT2D eigenvalue weighted by Crippen LogP contribution is -2.49. The van der Waals surface area contributed by atoms with E-state index in [4.69, 9.17) is 5.11 Å². The van der Waals surface area contributed by atoms with Gasteiger partial charge in [-0.05, 0) is 32.9 Å². The van der Waals surface area contributed by atoms with E-state index in [9.17, 15) is 13.2 Å². The number of likely N-dealkylation sites (N-methyl/N-ethyl adjacent to an activating group) is 1. The Morgan fingerprint density at radius 1 is 1.19 bits per heavy atom. The second kappa shape index (κ2) is 6.20. The Balaban J connectivity index is 2.10. The normalized spacial score (nSPS) is 32.7. The Morgan fingerprint density at radius 2 is 1.86 bits per heavy atom. The van der Waals surface area contributed by atoms with Crippen molar-refractivity contribution in [2.75, 3.05) is 40.3 Å². The fraction of sp³-hybridized carbons (Fsp3) is 0.923. The lowest BCUT2D eigenvalue weighted by atomic mass is 10.0. The summed E-state index contributed by atoms with van der Waals surface area (Å²) in [6.07, 6.45) is 1.16. The average Bonchev–Trinajstić information content (AvgIpc) is 2.82. The van der Waals surface area contributed by atoms with Crippen molar-refractivity contribution in [1.82, 2.24) is 13.5 Å². The minimum absolute atomic E-state index is 0.0924. The van der Waals surface area contributed by atoms with E-state index in [1.54, 1.807) is 0 Å². The molecule has 2 saturated heterocycles. The topological polar surface area (TPSA) is 81.2 Å². The Bertz CT molecular complexity index is 494. The first-order valence-electron chi connectivity index (χ1n) is 7.38. The van der Waals surface area contributed by atoms with E-state index in [-0.39, 0.29) is 18.5 Å². The predicted molar refractivity (Wildman–Crippen MR) is 79.1 cm³/mol. The molecule has 0 spiro atoms. The quantitative estimate of drug-likeness (QED) is 0.783. The fourth-order valence-electron chi connectivity index (χ4n) is 3.28. The van der Waals surface area contributed by atoms with Crippen LogP contribution in [0.5, 0.6) is 0 Å². The van der Waals surface area contributed by atoms with E-state index in [2.05, 4.69) is 11.8 Å². The number of rotatable bonds is 4. The van der Waals surface area contributed by atoms with E-state index in [1.165, 1.54) is 8.61 Å². The van der Waals surface area contributed by atoms with Crippen molar-refractivity contribution in [3.8, 4) is 0 Å². The van der Waals surface area contributed by atoms with Crippen LogP contribution in [0.15, 0.2) is 0 Å². The van der Waals surface area contributed by atoms with Gasteiger partial charge in [0.25, 0.3) is 10.2 Å². The molecule has 0 aromatic carbocycles. The van der Waals surface area contributed by atoms with E-state index < -0.39 is 22.1 Å². The van der Waals surface area contributed by atoms with Gasteiger partial charge in [0.1, 0.15) is 0 Å². The van der Waals surface area contributed by atoms with Crippen LogP contribution < -0.4 is 0 Å². The summed E-state index contributed by atoms with van der Waals surface area (Å²) in [4.78, 5) is 13.2. The number of nitrogens with zero attached hydrogens (tertiary/aromatic N) is 3. The molecule has 0 radical (unpaired) electrons. The second-order valence-electron chi connectivity index (χ2n) is 6.37. The first kappa shape index (κ1) is 16.7. The Morgan fingerprint density at radius 3 is 2.38 bits per heavy atom. The SMILES string of the molecule is CC1CN(S(=O)(=O)N2CCCC(C(=O)O)C2)CC1N(C)C. The van der Waals surface area contributed by atoms with Gasteiger partial charge in [-0.3, -0.25) is 4.79 Å². The van der Waals surface area contributed by atoms with Gasteiger partial charge in [-0.2, -0.15) is 17.0 Å². The molecule has 3 unspecified atom stereocenters. The van der Waals surface area contributed by atoms with Crippen LogP contribution in [0, 0.1) is 11.8 Å². The molecule has 0 bridgehead atoms. The van der Waals surface area contributed by atoms with Gasteiger partial charge in [0.05, 0.1) is 5.92 Å². The zero-order chi connectivity index (χ0) is 15.8. The maximum absolute atomic E-state index is 12.7. The third-order valence-corrected chi connectivity index (χ3v) is 6.52.